The van der Waals surface area contributed by atoms with Crippen molar-refractivity contribution in [2.75, 3.05) is 13.2 Å². The third-order valence-corrected chi connectivity index (χ3v) is 14.4. The van der Waals surface area contributed by atoms with E-state index in [9.17, 15) is 14.4 Å². The molecule has 0 aliphatic heterocycles. The molecule has 0 heterocycles. The minimum absolute atomic E-state index is 0.0740. The summed E-state index contributed by atoms with van der Waals surface area (Å²) in [5.41, 5.74) is 0. The Bertz CT molecular complexity index is 1210. The number of carbonyl (C=O) groups excluding carboxylic acids is 3. The van der Waals surface area contributed by atoms with Gasteiger partial charge in [-0.05, 0) is 77.0 Å². The summed E-state index contributed by atoms with van der Waals surface area (Å²) in [7, 11) is 0. The van der Waals surface area contributed by atoms with Crippen LogP contribution in [0.4, 0.5) is 0 Å². The highest BCUT2D eigenvalue weighted by Crippen LogP contribution is 2.17. The maximum atomic E-state index is 12.9. The van der Waals surface area contributed by atoms with Gasteiger partial charge in [-0.3, -0.25) is 14.4 Å². The van der Waals surface area contributed by atoms with Gasteiger partial charge in [-0.2, -0.15) is 0 Å². The van der Waals surface area contributed by atoms with Crippen molar-refractivity contribution in [2.45, 2.75) is 354 Å². The molecule has 0 radical (unpaired) electrons. The van der Waals surface area contributed by atoms with E-state index >= 15 is 0 Å². The molecule has 72 heavy (non-hydrogen) atoms. The van der Waals surface area contributed by atoms with E-state index in [0.717, 1.165) is 77.0 Å². The van der Waals surface area contributed by atoms with Crippen LogP contribution in [-0.2, 0) is 28.6 Å². The first-order valence-electron chi connectivity index (χ1n) is 32.0. The molecule has 0 rings (SSSR count). The molecule has 0 fully saturated rings. The minimum Gasteiger partial charge on any atom is -0.462 e. The molecule has 0 aliphatic rings. The Balaban J connectivity index is 4.28. The molecule has 0 aromatic heterocycles. The van der Waals surface area contributed by atoms with Crippen LogP contribution in [0.1, 0.15) is 348 Å². The lowest BCUT2D eigenvalue weighted by Crippen LogP contribution is -2.30. The molecule has 0 N–H and O–H groups in total. The van der Waals surface area contributed by atoms with E-state index in [0.29, 0.717) is 19.3 Å². The maximum absolute atomic E-state index is 12.9. The molecule has 0 saturated carbocycles. The summed E-state index contributed by atoms with van der Waals surface area (Å²) in [4.78, 5) is 38.3. The number of unbranched alkanes of at least 4 members (excludes halogenated alkanes) is 42. The predicted molar refractivity (Wildman–Crippen MR) is 312 cm³/mol. The van der Waals surface area contributed by atoms with Gasteiger partial charge < -0.3 is 14.2 Å². The van der Waals surface area contributed by atoms with Crippen LogP contribution in [-0.4, -0.2) is 37.2 Å². The van der Waals surface area contributed by atoms with E-state index in [1.807, 2.05) is 0 Å². The van der Waals surface area contributed by atoms with Crippen LogP contribution in [0, 0.1) is 0 Å². The molecule has 0 amide bonds. The van der Waals surface area contributed by atoms with Gasteiger partial charge in [0.1, 0.15) is 13.2 Å². The fourth-order valence-corrected chi connectivity index (χ4v) is 9.53. The third kappa shape index (κ3) is 58.5. The van der Waals surface area contributed by atoms with Crippen LogP contribution >= 0.6 is 0 Å². The molecule has 0 bridgehead atoms. The molecule has 6 heteroatoms. The van der Waals surface area contributed by atoms with Crippen LogP contribution < -0.4 is 0 Å². The Labute approximate surface area is 448 Å². The van der Waals surface area contributed by atoms with E-state index in [1.165, 1.54) is 231 Å². The number of carbonyl (C=O) groups is 3. The summed E-state index contributed by atoms with van der Waals surface area (Å²) in [5, 5.41) is 0. The Hall–Kier alpha value is -2.37. The molecule has 1 unspecified atom stereocenters. The average Bonchev–Trinajstić information content (AvgIpc) is 3.38. The van der Waals surface area contributed by atoms with Crippen molar-refractivity contribution < 1.29 is 28.6 Å². The first-order valence-corrected chi connectivity index (χ1v) is 32.0. The van der Waals surface area contributed by atoms with E-state index in [4.69, 9.17) is 14.2 Å². The second-order valence-electron chi connectivity index (χ2n) is 21.7. The Morgan fingerprint density at radius 2 is 0.500 bits per heavy atom. The first kappa shape index (κ1) is 69.6. The predicted octanol–water partition coefficient (Wildman–Crippen LogP) is 21.6. The molecule has 6 nitrogen and oxygen atoms in total. The molecular weight excluding hydrogens is 889 g/mol. The van der Waals surface area contributed by atoms with E-state index < -0.39 is 6.10 Å². The lowest BCUT2D eigenvalue weighted by atomic mass is 10.0. The van der Waals surface area contributed by atoms with Crippen molar-refractivity contribution in [3.05, 3.63) is 36.5 Å². The molecule has 0 aromatic rings. The Kier molecular flexibility index (Phi) is 59.2. The number of ether oxygens (including phenoxy) is 3. The number of esters is 3. The van der Waals surface area contributed by atoms with Gasteiger partial charge in [0.2, 0.25) is 0 Å². The van der Waals surface area contributed by atoms with Gasteiger partial charge >= 0.3 is 17.9 Å². The van der Waals surface area contributed by atoms with Crippen molar-refractivity contribution in [3.63, 3.8) is 0 Å². The summed E-state index contributed by atoms with van der Waals surface area (Å²) in [6.07, 6.45) is 74.4. The monoisotopic (exact) mass is 1010 g/mol. The highest BCUT2D eigenvalue weighted by molar-refractivity contribution is 5.71. The zero-order chi connectivity index (χ0) is 52.2. The van der Waals surface area contributed by atoms with Gasteiger partial charge in [-0.15, -0.1) is 0 Å². The Morgan fingerprint density at radius 3 is 0.806 bits per heavy atom. The van der Waals surface area contributed by atoms with E-state index in [-0.39, 0.29) is 31.1 Å². The Morgan fingerprint density at radius 1 is 0.278 bits per heavy atom. The minimum atomic E-state index is -0.778. The third-order valence-electron chi connectivity index (χ3n) is 14.4. The molecule has 0 saturated heterocycles. The van der Waals surface area contributed by atoms with Gasteiger partial charge in [0.05, 0.1) is 0 Å². The first-order chi connectivity index (χ1) is 35.5. The van der Waals surface area contributed by atoms with Crippen LogP contribution in [0.15, 0.2) is 36.5 Å². The van der Waals surface area contributed by atoms with Gasteiger partial charge in [0, 0.05) is 19.3 Å². The topological polar surface area (TPSA) is 78.9 Å². The smallest absolute Gasteiger partial charge is 0.306 e. The normalized spacial score (nSPS) is 12.2. The number of hydrogen-bond donors (Lipinski definition) is 0. The fraction of sp³-hybridized carbons (Fsp3) is 0.864. The lowest BCUT2D eigenvalue weighted by Gasteiger charge is -2.18. The van der Waals surface area contributed by atoms with Crippen LogP contribution in [0.25, 0.3) is 0 Å². The van der Waals surface area contributed by atoms with Crippen molar-refractivity contribution in [1.29, 1.82) is 0 Å². The zero-order valence-corrected chi connectivity index (χ0v) is 48.5. The highest BCUT2D eigenvalue weighted by Gasteiger charge is 2.19. The standard InChI is InChI=1S/C66H122O6/c1-4-7-10-13-16-19-22-25-28-30-31-32-33-34-35-37-38-41-44-47-50-53-56-59-65(68)71-62-63(61-70-64(67)58-55-52-49-46-43-40-27-24-21-18-15-12-9-6-3)72-66(69)60-57-54-51-48-45-42-39-36-29-26-23-20-17-14-11-8-5-2/h17,20,24,26-27,29,63H,4-16,18-19,21-23,25,28,30-62H2,1-3H3/b20-17-,27-24-,29-26-. The average molecular weight is 1010 g/mol. The molecule has 422 valence electrons. The maximum Gasteiger partial charge on any atom is 0.306 e. The molecule has 0 aromatic carbocycles. The number of hydrogen-bond acceptors (Lipinski definition) is 6. The van der Waals surface area contributed by atoms with Gasteiger partial charge in [0.15, 0.2) is 6.10 Å². The van der Waals surface area contributed by atoms with Crippen LogP contribution in [0.3, 0.4) is 0 Å². The van der Waals surface area contributed by atoms with Gasteiger partial charge in [-0.25, -0.2) is 0 Å². The second kappa shape index (κ2) is 61.2. The van der Waals surface area contributed by atoms with Crippen molar-refractivity contribution >= 4 is 17.9 Å². The summed E-state index contributed by atoms with van der Waals surface area (Å²) in [5.74, 6) is -0.868. The van der Waals surface area contributed by atoms with Crippen molar-refractivity contribution in [2.24, 2.45) is 0 Å². The number of allylic oxidation sites excluding steroid dienone is 6. The van der Waals surface area contributed by atoms with Crippen LogP contribution in [0.5, 0.6) is 0 Å². The van der Waals surface area contributed by atoms with Gasteiger partial charge in [-0.1, -0.05) is 288 Å². The van der Waals surface area contributed by atoms with Crippen molar-refractivity contribution in [1.82, 2.24) is 0 Å². The largest absolute Gasteiger partial charge is 0.462 e. The summed E-state index contributed by atoms with van der Waals surface area (Å²) >= 11 is 0. The van der Waals surface area contributed by atoms with Gasteiger partial charge in [0.25, 0.3) is 0 Å². The lowest BCUT2D eigenvalue weighted by molar-refractivity contribution is -0.167. The zero-order valence-electron chi connectivity index (χ0n) is 48.5. The molecule has 0 spiro atoms. The summed E-state index contributed by atoms with van der Waals surface area (Å²) in [6, 6.07) is 0. The molecule has 1 atom stereocenters. The highest BCUT2D eigenvalue weighted by atomic mass is 16.6. The van der Waals surface area contributed by atoms with E-state index in [1.54, 1.807) is 0 Å². The second-order valence-corrected chi connectivity index (χ2v) is 21.7. The molecule has 0 aliphatic carbocycles. The van der Waals surface area contributed by atoms with Crippen LogP contribution in [0.2, 0.25) is 0 Å². The summed E-state index contributed by atoms with van der Waals surface area (Å²) < 4.78 is 16.9. The fourth-order valence-electron chi connectivity index (χ4n) is 9.53. The number of rotatable bonds is 59. The quantitative estimate of drug-likeness (QED) is 0.0261. The van der Waals surface area contributed by atoms with E-state index in [2.05, 4.69) is 57.2 Å². The molecular formula is C66H122O6. The van der Waals surface area contributed by atoms with Crippen molar-refractivity contribution in [3.8, 4) is 0 Å². The summed E-state index contributed by atoms with van der Waals surface area (Å²) in [6.45, 7) is 6.65. The SMILES string of the molecule is CCCCC/C=C\C/C=C\CCCCCCCCCC(=O)OC(COC(=O)CCCCCCC/C=C\CCCCCCC)COC(=O)CCCCCCCCCCCCCCCCCCCCCCCCC.